The second-order valence-electron chi connectivity index (χ2n) is 5.81. The SMILES string of the molecule is CC1(C)Cc2ccccc2C1Nc1ccccc1. The van der Waals surface area contributed by atoms with E-state index in [-0.39, 0.29) is 5.41 Å². The summed E-state index contributed by atoms with van der Waals surface area (Å²) in [4.78, 5) is 0. The Balaban J connectivity index is 1.95. The van der Waals surface area contributed by atoms with E-state index >= 15 is 0 Å². The molecule has 1 atom stereocenters. The zero-order valence-corrected chi connectivity index (χ0v) is 11.0. The second kappa shape index (κ2) is 4.16. The lowest BCUT2D eigenvalue weighted by atomic mass is 9.85. The van der Waals surface area contributed by atoms with Crippen molar-refractivity contribution in [1.82, 2.24) is 0 Å². The number of rotatable bonds is 2. The molecule has 1 heteroatoms. The van der Waals surface area contributed by atoms with Crippen LogP contribution in [-0.2, 0) is 6.42 Å². The summed E-state index contributed by atoms with van der Waals surface area (Å²) in [5, 5.41) is 3.69. The first kappa shape index (κ1) is 11.3. The van der Waals surface area contributed by atoms with Gasteiger partial charge in [-0.1, -0.05) is 56.3 Å². The Morgan fingerprint density at radius 3 is 2.39 bits per heavy atom. The molecule has 0 saturated heterocycles. The molecule has 3 rings (SSSR count). The van der Waals surface area contributed by atoms with Gasteiger partial charge < -0.3 is 5.32 Å². The van der Waals surface area contributed by atoms with Crippen molar-refractivity contribution in [2.24, 2.45) is 5.41 Å². The van der Waals surface area contributed by atoms with Crippen LogP contribution in [0.4, 0.5) is 5.69 Å². The summed E-state index contributed by atoms with van der Waals surface area (Å²) in [6.45, 7) is 4.68. The van der Waals surface area contributed by atoms with E-state index < -0.39 is 0 Å². The fourth-order valence-corrected chi connectivity index (χ4v) is 2.96. The van der Waals surface area contributed by atoms with Gasteiger partial charge in [0.1, 0.15) is 0 Å². The van der Waals surface area contributed by atoms with Crippen LogP contribution in [0.2, 0.25) is 0 Å². The molecule has 0 amide bonds. The van der Waals surface area contributed by atoms with Crippen LogP contribution < -0.4 is 5.32 Å². The first-order valence-electron chi connectivity index (χ1n) is 6.56. The topological polar surface area (TPSA) is 12.0 Å². The minimum absolute atomic E-state index is 0.263. The summed E-state index contributed by atoms with van der Waals surface area (Å²) in [6, 6.07) is 19.7. The van der Waals surface area contributed by atoms with Crippen molar-refractivity contribution in [2.45, 2.75) is 26.3 Å². The van der Waals surface area contributed by atoms with Gasteiger partial charge in [0.15, 0.2) is 0 Å². The smallest absolute Gasteiger partial charge is 0.0570 e. The van der Waals surface area contributed by atoms with Crippen molar-refractivity contribution < 1.29 is 0 Å². The molecule has 0 heterocycles. The van der Waals surface area contributed by atoms with Crippen LogP contribution in [0.25, 0.3) is 0 Å². The molecular formula is C17H19N. The van der Waals surface area contributed by atoms with E-state index in [0.717, 1.165) is 6.42 Å². The van der Waals surface area contributed by atoms with Crippen molar-refractivity contribution >= 4 is 5.69 Å². The lowest BCUT2D eigenvalue weighted by Gasteiger charge is -2.29. The lowest BCUT2D eigenvalue weighted by Crippen LogP contribution is -2.24. The van der Waals surface area contributed by atoms with Gasteiger partial charge in [0.25, 0.3) is 0 Å². The molecule has 1 unspecified atom stereocenters. The number of anilines is 1. The average Bonchev–Trinajstić information content (AvgIpc) is 2.62. The van der Waals surface area contributed by atoms with E-state index in [1.807, 2.05) is 0 Å². The van der Waals surface area contributed by atoms with Crippen molar-refractivity contribution in [3.8, 4) is 0 Å². The highest BCUT2D eigenvalue weighted by Gasteiger charge is 2.38. The summed E-state index contributed by atoms with van der Waals surface area (Å²) in [7, 11) is 0. The van der Waals surface area contributed by atoms with Crippen LogP contribution in [-0.4, -0.2) is 0 Å². The van der Waals surface area contributed by atoms with Crippen molar-refractivity contribution in [3.63, 3.8) is 0 Å². The number of fused-ring (bicyclic) bond motifs is 1. The van der Waals surface area contributed by atoms with E-state index in [1.54, 1.807) is 0 Å². The lowest BCUT2D eigenvalue weighted by molar-refractivity contribution is 0.337. The zero-order chi connectivity index (χ0) is 12.6. The van der Waals surface area contributed by atoms with Crippen molar-refractivity contribution in [2.75, 3.05) is 5.32 Å². The maximum atomic E-state index is 3.69. The summed E-state index contributed by atoms with van der Waals surface area (Å²) in [5.41, 5.74) is 4.40. The Morgan fingerprint density at radius 2 is 1.61 bits per heavy atom. The Morgan fingerprint density at radius 1 is 0.944 bits per heavy atom. The van der Waals surface area contributed by atoms with Gasteiger partial charge in [0.2, 0.25) is 0 Å². The summed E-state index contributed by atoms with van der Waals surface area (Å²) >= 11 is 0. The molecule has 0 aliphatic heterocycles. The molecule has 18 heavy (non-hydrogen) atoms. The van der Waals surface area contributed by atoms with Gasteiger partial charge in [-0.3, -0.25) is 0 Å². The van der Waals surface area contributed by atoms with Crippen LogP contribution in [0.3, 0.4) is 0 Å². The summed E-state index contributed by atoms with van der Waals surface area (Å²) in [6.07, 6.45) is 1.15. The second-order valence-corrected chi connectivity index (χ2v) is 5.81. The Hall–Kier alpha value is -1.76. The van der Waals surface area contributed by atoms with Gasteiger partial charge in [-0.15, -0.1) is 0 Å². The maximum absolute atomic E-state index is 3.69. The van der Waals surface area contributed by atoms with E-state index in [2.05, 4.69) is 73.8 Å². The molecule has 2 aromatic rings. The van der Waals surface area contributed by atoms with Gasteiger partial charge >= 0.3 is 0 Å². The number of hydrogen-bond donors (Lipinski definition) is 1. The average molecular weight is 237 g/mol. The van der Waals surface area contributed by atoms with E-state index in [9.17, 15) is 0 Å². The largest absolute Gasteiger partial charge is 0.378 e. The molecule has 0 bridgehead atoms. The molecule has 0 aromatic heterocycles. The minimum atomic E-state index is 0.263. The molecular weight excluding hydrogens is 218 g/mol. The molecule has 1 N–H and O–H groups in total. The fourth-order valence-electron chi connectivity index (χ4n) is 2.96. The Labute approximate surface area is 109 Å². The van der Waals surface area contributed by atoms with Gasteiger partial charge in [-0.25, -0.2) is 0 Å². The highest BCUT2D eigenvalue weighted by molar-refractivity contribution is 5.49. The minimum Gasteiger partial charge on any atom is -0.378 e. The van der Waals surface area contributed by atoms with Gasteiger partial charge in [0, 0.05) is 5.69 Å². The molecule has 0 fully saturated rings. The number of benzene rings is 2. The Bertz CT molecular complexity index is 543. The zero-order valence-electron chi connectivity index (χ0n) is 11.0. The highest BCUT2D eigenvalue weighted by atomic mass is 14.9. The van der Waals surface area contributed by atoms with Gasteiger partial charge in [0.05, 0.1) is 6.04 Å². The molecule has 0 spiro atoms. The molecule has 1 nitrogen and oxygen atoms in total. The maximum Gasteiger partial charge on any atom is 0.0570 e. The molecule has 2 aromatic carbocycles. The van der Waals surface area contributed by atoms with E-state index in [0.29, 0.717) is 6.04 Å². The first-order chi connectivity index (χ1) is 8.67. The summed E-state index contributed by atoms with van der Waals surface area (Å²) in [5.74, 6) is 0. The van der Waals surface area contributed by atoms with Crippen molar-refractivity contribution in [1.29, 1.82) is 0 Å². The molecule has 0 radical (unpaired) electrons. The number of nitrogens with one attached hydrogen (secondary N) is 1. The number of hydrogen-bond acceptors (Lipinski definition) is 1. The van der Waals surface area contributed by atoms with Crippen LogP contribution in [0.15, 0.2) is 54.6 Å². The highest BCUT2D eigenvalue weighted by Crippen LogP contribution is 2.46. The van der Waals surface area contributed by atoms with Gasteiger partial charge in [-0.2, -0.15) is 0 Å². The van der Waals surface area contributed by atoms with Crippen LogP contribution in [0.5, 0.6) is 0 Å². The van der Waals surface area contributed by atoms with Crippen LogP contribution in [0, 0.1) is 5.41 Å². The first-order valence-corrected chi connectivity index (χ1v) is 6.56. The third kappa shape index (κ3) is 1.90. The van der Waals surface area contributed by atoms with E-state index in [4.69, 9.17) is 0 Å². The quantitative estimate of drug-likeness (QED) is 0.815. The standard InChI is InChI=1S/C17H19N/c1-17(2)12-13-8-6-7-11-15(13)16(17)18-14-9-4-3-5-10-14/h3-11,16,18H,12H2,1-2H3. The Kier molecular flexibility index (Phi) is 2.62. The normalized spacial score (nSPS) is 20.4. The van der Waals surface area contributed by atoms with Crippen LogP contribution in [0.1, 0.15) is 31.0 Å². The third-order valence-corrected chi connectivity index (χ3v) is 3.88. The predicted molar refractivity (Wildman–Crippen MR) is 76.7 cm³/mol. The fraction of sp³-hybridized carbons (Fsp3) is 0.294. The third-order valence-electron chi connectivity index (χ3n) is 3.88. The van der Waals surface area contributed by atoms with Gasteiger partial charge in [-0.05, 0) is 35.1 Å². The molecule has 92 valence electrons. The summed E-state index contributed by atoms with van der Waals surface area (Å²) < 4.78 is 0. The predicted octanol–water partition coefficient (Wildman–Crippen LogP) is 4.42. The molecule has 1 aliphatic rings. The van der Waals surface area contributed by atoms with Crippen molar-refractivity contribution in [3.05, 3.63) is 65.7 Å². The number of para-hydroxylation sites is 1. The van der Waals surface area contributed by atoms with Crippen LogP contribution >= 0.6 is 0 Å². The van der Waals surface area contributed by atoms with E-state index in [1.165, 1.54) is 16.8 Å². The molecule has 0 saturated carbocycles. The molecule has 1 aliphatic carbocycles. The monoisotopic (exact) mass is 237 g/mol.